The SMILES string of the molecule is CCCCCCOc1ccc(C2c3c(-c4cc(C)cc(C)c4O)n[nH]c3C(=O)N2CCCOC)cc1. The number of nitrogens with one attached hydrogen (secondary N) is 1. The topological polar surface area (TPSA) is 87.7 Å². The van der Waals surface area contributed by atoms with Crippen LogP contribution in [0.5, 0.6) is 11.5 Å². The quantitative estimate of drug-likeness (QED) is 0.306. The number of ether oxygens (including phenoxy) is 2. The van der Waals surface area contributed by atoms with Gasteiger partial charge in [-0.2, -0.15) is 5.10 Å². The molecule has 3 aromatic rings. The number of phenols is 1. The molecular weight excluding hydrogens is 454 g/mol. The summed E-state index contributed by atoms with van der Waals surface area (Å²) in [7, 11) is 1.66. The molecule has 0 bridgehead atoms. The third-order valence-electron chi connectivity index (χ3n) is 6.77. The molecule has 0 saturated carbocycles. The maximum atomic E-state index is 13.5. The number of phenolic OH excluding ortho intramolecular Hbond substituents is 1. The van der Waals surface area contributed by atoms with Crippen molar-refractivity contribution >= 4 is 5.91 Å². The number of rotatable bonds is 12. The molecule has 1 unspecified atom stereocenters. The van der Waals surface area contributed by atoms with Gasteiger partial charge in [-0.05, 0) is 61.6 Å². The minimum absolute atomic E-state index is 0.0926. The van der Waals surface area contributed by atoms with Gasteiger partial charge < -0.3 is 19.5 Å². The third kappa shape index (κ3) is 5.26. The van der Waals surface area contributed by atoms with Crippen LogP contribution in [0.4, 0.5) is 0 Å². The van der Waals surface area contributed by atoms with Crippen molar-refractivity contribution in [3.8, 4) is 22.8 Å². The molecule has 1 aliphatic rings. The number of hydrogen-bond acceptors (Lipinski definition) is 5. The molecule has 0 spiro atoms. The van der Waals surface area contributed by atoms with E-state index in [-0.39, 0.29) is 17.7 Å². The van der Waals surface area contributed by atoms with E-state index in [1.807, 2.05) is 55.1 Å². The van der Waals surface area contributed by atoms with E-state index in [0.29, 0.717) is 36.7 Å². The van der Waals surface area contributed by atoms with E-state index in [4.69, 9.17) is 9.47 Å². The molecule has 7 nitrogen and oxygen atoms in total. The Bertz CT molecular complexity index is 1190. The predicted molar refractivity (Wildman–Crippen MR) is 141 cm³/mol. The highest BCUT2D eigenvalue weighted by molar-refractivity contribution is 6.00. The Morgan fingerprint density at radius 1 is 1.06 bits per heavy atom. The monoisotopic (exact) mass is 491 g/mol. The molecule has 2 heterocycles. The van der Waals surface area contributed by atoms with E-state index < -0.39 is 0 Å². The number of unbranched alkanes of at least 4 members (excludes halogenated alkanes) is 3. The molecule has 1 aromatic heterocycles. The number of aromatic nitrogens is 2. The van der Waals surface area contributed by atoms with Crippen LogP contribution in [0.2, 0.25) is 0 Å². The number of carbonyl (C=O) groups is 1. The summed E-state index contributed by atoms with van der Waals surface area (Å²) in [5, 5.41) is 18.4. The highest BCUT2D eigenvalue weighted by atomic mass is 16.5. The lowest BCUT2D eigenvalue weighted by Gasteiger charge is -2.26. The average Bonchev–Trinajstić information content (AvgIpc) is 3.41. The highest BCUT2D eigenvalue weighted by Gasteiger charge is 2.42. The summed E-state index contributed by atoms with van der Waals surface area (Å²) in [6.07, 6.45) is 5.36. The molecule has 1 amide bonds. The molecule has 4 rings (SSSR count). The third-order valence-corrected chi connectivity index (χ3v) is 6.77. The van der Waals surface area contributed by atoms with Crippen molar-refractivity contribution in [1.82, 2.24) is 15.1 Å². The molecular formula is C29H37N3O4. The maximum Gasteiger partial charge on any atom is 0.273 e. The van der Waals surface area contributed by atoms with Gasteiger partial charge in [-0.1, -0.05) is 44.4 Å². The van der Waals surface area contributed by atoms with Crippen LogP contribution < -0.4 is 4.74 Å². The summed E-state index contributed by atoms with van der Waals surface area (Å²) in [5.41, 5.74) is 5.29. The van der Waals surface area contributed by atoms with Crippen molar-refractivity contribution in [3.05, 3.63) is 64.3 Å². The van der Waals surface area contributed by atoms with E-state index in [1.165, 1.54) is 19.3 Å². The minimum Gasteiger partial charge on any atom is -0.507 e. The number of benzene rings is 2. The molecule has 2 aromatic carbocycles. The Morgan fingerprint density at radius 2 is 1.83 bits per heavy atom. The van der Waals surface area contributed by atoms with Gasteiger partial charge in [0.15, 0.2) is 0 Å². The number of nitrogens with zero attached hydrogens (tertiary/aromatic N) is 2. The maximum absolute atomic E-state index is 13.5. The molecule has 0 fully saturated rings. The lowest BCUT2D eigenvalue weighted by molar-refractivity contribution is 0.0723. The normalized spacial score (nSPS) is 14.9. The lowest BCUT2D eigenvalue weighted by atomic mass is 9.94. The Kier molecular flexibility index (Phi) is 8.31. The first-order valence-electron chi connectivity index (χ1n) is 12.9. The van der Waals surface area contributed by atoms with Crippen LogP contribution in [0.3, 0.4) is 0 Å². The van der Waals surface area contributed by atoms with Crippen molar-refractivity contribution in [3.63, 3.8) is 0 Å². The number of aryl methyl sites for hydroxylation is 2. The first-order valence-corrected chi connectivity index (χ1v) is 12.9. The summed E-state index contributed by atoms with van der Waals surface area (Å²) in [4.78, 5) is 15.3. The summed E-state index contributed by atoms with van der Waals surface area (Å²) in [5.74, 6) is 0.917. The van der Waals surface area contributed by atoms with E-state index in [1.54, 1.807) is 7.11 Å². The highest BCUT2D eigenvalue weighted by Crippen LogP contribution is 2.45. The number of carbonyl (C=O) groups excluding carboxylic acids is 1. The summed E-state index contributed by atoms with van der Waals surface area (Å²) in [6, 6.07) is 11.5. The first kappa shape index (κ1) is 25.8. The van der Waals surface area contributed by atoms with E-state index in [0.717, 1.165) is 40.8 Å². The Morgan fingerprint density at radius 3 is 2.56 bits per heavy atom. The molecule has 1 aliphatic heterocycles. The second kappa shape index (κ2) is 11.6. The second-order valence-corrected chi connectivity index (χ2v) is 9.56. The molecule has 0 saturated heterocycles. The van der Waals surface area contributed by atoms with Gasteiger partial charge in [0.2, 0.25) is 0 Å². The van der Waals surface area contributed by atoms with Crippen molar-refractivity contribution in [1.29, 1.82) is 0 Å². The molecule has 2 N–H and O–H groups in total. The van der Waals surface area contributed by atoms with E-state index in [2.05, 4.69) is 17.1 Å². The van der Waals surface area contributed by atoms with E-state index >= 15 is 0 Å². The number of methoxy groups -OCH3 is 1. The smallest absolute Gasteiger partial charge is 0.273 e. The first-order chi connectivity index (χ1) is 17.5. The molecule has 192 valence electrons. The van der Waals surface area contributed by atoms with Gasteiger partial charge in [-0.15, -0.1) is 0 Å². The fourth-order valence-electron chi connectivity index (χ4n) is 4.96. The van der Waals surface area contributed by atoms with Crippen molar-refractivity contribution in [2.75, 3.05) is 26.9 Å². The largest absolute Gasteiger partial charge is 0.507 e. The van der Waals surface area contributed by atoms with Crippen molar-refractivity contribution in [2.45, 2.75) is 58.9 Å². The Hall–Kier alpha value is -3.32. The van der Waals surface area contributed by atoms with Gasteiger partial charge >= 0.3 is 0 Å². The number of aromatic hydroxyl groups is 1. The van der Waals surface area contributed by atoms with Crippen LogP contribution in [-0.4, -0.2) is 53.0 Å². The standard InChI is InChI=1S/C29H37N3O4/c1-5-6-7-8-16-36-22-12-10-21(11-13-22)27-24-25(23-18-19(2)17-20(3)28(23)33)30-31-26(24)29(34)32(27)14-9-15-35-4/h10-13,17-18,27,33H,5-9,14-16H2,1-4H3,(H,30,31). The van der Waals surface area contributed by atoms with Gasteiger partial charge in [0.25, 0.3) is 5.91 Å². The fraction of sp³-hybridized carbons (Fsp3) is 0.448. The van der Waals surface area contributed by atoms with Crippen LogP contribution >= 0.6 is 0 Å². The van der Waals surface area contributed by atoms with Crippen LogP contribution in [-0.2, 0) is 4.74 Å². The number of amides is 1. The van der Waals surface area contributed by atoms with Gasteiger partial charge in [0.1, 0.15) is 22.9 Å². The summed E-state index contributed by atoms with van der Waals surface area (Å²) < 4.78 is 11.2. The zero-order valence-corrected chi connectivity index (χ0v) is 21.8. The number of H-pyrrole nitrogens is 1. The van der Waals surface area contributed by atoms with Crippen LogP contribution in [0.15, 0.2) is 36.4 Å². The van der Waals surface area contributed by atoms with Crippen molar-refractivity contribution in [2.24, 2.45) is 0 Å². The van der Waals surface area contributed by atoms with Gasteiger partial charge in [-0.25, -0.2) is 0 Å². The molecule has 0 radical (unpaired) electrons. The molecule has 0 aliphatic carbocycles. The van der Waals surface area contributed by atoms with Crippen LogP contribution in [0.1, 0.15) is 77.8 Å². The Balaban J connectivity index is 1.68. The average molecular weight is 492 g/mol. The molecule has 1 atom stereocenters. The van der Waals surface area contributed by atoms with Gasteiger partial charge in [0.05, 0.1) is 12.6 Å². The van der Waals surface area contributed by atoms with Crippen LogP contribution in [0.25, 0.3) is 11.3 Å². The zero-order valence-electron chi connectivity index (χ0n) is 21.8. The summed E-state index contributed by atoms with van der Waals surface area (Å²) in [6.45, 7) is 7.88. The molecule has 36 heavy (non-hydrogen) atoms. The van der Waals surface area contributed by atoms with Gasteiger partial charge in [0, 0.05) is 31.4 Å². The summed E-state index contributed by atoms with van der Waals surface area (Å²) >= 11 is 0. The number of hydrogen-bond donors (Lipinski definition) is 2. The van der Waals surface area contributed by atoms with Crippen molar-refractivity contribution < 1.29 is 19.4 Å². The minimum atomic E-state index is -0.322. The lowest BCUT2D eigenvalue weighted by Crippen LogP contribution is -2.31. The molecule has 7 heteroatoms. The van der Waals surface area contributed by atoms with Gasteiger partial charge in [-0.3, -0.25) is 9.89 Å². The Labute approximate surface area is 213 Å². The zero-order chi connectivity index (χ0) is 25.7. The fourth-order valence-corrected chi connectivity index (χ4v) is 4.96. The second-order valence-electron chi connectivity index (χ2n) is 9.56. The van der Waals surface area contributed by atoms with Crippen LogP contribution in [0, 0.1) is 13.8 Å². The number of fused-ring (bicyclic) bond motifs is 1. The number of aromatic amines is 1. The van der Waals surface area contributed by atoms with E-state index in [9.17, 15) is 9.90 Å². The predicted octanol–water partition coefficient (Wildman–Crippen LogP) is 5.94.